The van der Waals surface area contributed by atoms with Crippen LogP contribution in [0.3, 0.4) is 0 Å². The zero-order valence-electron chi connectivity index (χ0n) is 15.6. The summed E-state index contributed by atoms with van der Waals surface area (Å²) in [5.41, 5.74) is 3.91. The lowest BCUT2D eigenvalue weighted by molar-refractivity contribution is 0.240. The highest BCUT2D eigenvalue weighted by Gasteiger charge is 2.09. The van der Waals surface area contributed by atoms with E-state index in [0.29, 0.717) is 13.1 Å². The maximum atomic E-state index is 12.2. The van der Waals surface area contributed by atoms with Gasteiger partial charge in [-0.2, -0.15) is 5.10 Å². The summed E-state index contributed by atoms with van der Waals surface area (Å²) in [5, 5.41) is 12.6. The van der Waals surface area contributed by atoms with Crippen LogP contribution < -0.4 is 10.6 Å². The molecule has 2 amide bonds. The van der Waals surface area contributed by atoms with Gasteiger partial charge >= 0.3 is 6.03 Å². The monoisotopic (exact) mass is 371 g/mol. The average Bonchev–Trinajstić information content (AvgIpc) is 3.12. The molecule has 140 valence electrons. The number of fused-ring (bicyclic) bond motifs is 1. The molecular formula is C22H21N5O. The topological polar surface area (TPSA) is 71.8 Å². The van der Waals surface area contributed by atoms with Crippen molar-refractivity contribution in [3.8, 4) is 11.3 Å². The fraction of sp³-hybridized carbons (Fsp3) is 0.136. The van der Waals surface area contributed by atoms with Crippen LogP contribution in [0.5, 0.6) is 0 Å². The number of pyridine rings is 1. The molecule has 6 heteroatoms. The van der Waals surface area contributed by atoms with Crippen LogP contribution >= 0.6 is 0 Å². The number of aryl methyl sites for hydroxylation is 1. The van der Waals surface area contributed by atoms with Gasteiger partial charge in [-0.3, -0.25) is 9.67 Å². The fourth-order valence-corrected chi connectivity index (χ4v) is 3.26. The van der Waals surface area contributed by atoms with Gasteiger partial charge < -0.3 is 10.6 Å². The summed E-state index contributed by atoms with van der Waals surface area (Å²) in [5.74, 6) is 0. The number of amides is 2. The summed E-state index contributed by atoms with van der Waals surface area (Å²) in [7, 11) is 1.89. The second kappa shape index (κ2) is 7.92. The number of urea groups is 1. The minimum absolute atomic E-state index is 0.218. The second-order valence-electron chi connectivity index (χ2n) is 6.55. The van der Waals surface area contributed by atoms with E-state index in [-0.39, 0.29) is 6.03 Å². The Morgan fingerprint density at radius 1 is 0.964 bits per heavy atom. The molecule has 0 aliphatic rings. The third-order valence-corrected chi connectivity index (χ3v) is 4.66. The number of rotatable bonds is 5. The predicted octanol–water partition coefficient (Wildman–Crippen LogP) is 3.63. The molecular weight excluding hydrogens is 350 g/mol. The lowest BCUT2D eigenvalue weighted by Gasteiger charge is -2.09. The maximum Gasteiger partial charge on any atom is 0.315 e. The number of carbonyl (C=O) groups excluding carboxylic acids is 1. The SMILES string of the molecule is Cn1nc(CNC(=O)NCc2cccc3ccccc23)cc1-c1ccncc1. The van der Waals surface area contributed by atoms with Crippen LogP contribution in [0.2, 0.25) is 0 Å². The van der Waals surface area contributed by atoms with E-state index in [1.54, 1.807) is 17.1 Å². The maximum absolute atomic E-state index is 12.2. The van der Waals surface area contributed by atoms with Crippen molar-refractivity contribution in [3.05, 3.63) is 84.3 Å². The third kappa shape index (κ3) is 3.86. The van der Waals surface area contributed by atoms with Gasteiger partial charge in [0.1, 0.15) is 0 Å². The van der Waals surface area contributed by atoms with Crippen LogP contribution in [0.15, 0.2) is 73.1 Å². The van der Waals surface area contributed by atoms with Gasteiger partial charge in [0, 0.05) is 31.5 Å². The molecule has 6 nitrogen and oxygen atoms in total. The van der Waals surface area contributed by atoms with Gasteiger partial charge in [-0.1, -0.05) is 42.5 Å². The summed E-state index contributed by atoms with van der Waals surface area (Å²) in [6.45, 7) is 0.831. The Bertz CT molecular complexity index is 1100. The van der Waals surface area contributed by atoms with E-state index >= 15 is 0 Å². The molecule has 0 fully saturated rings. The molecule has 0 spiro atoms. The van der Waals surface area contributed by atoms with Crippen molar-refractivity contribution in [2.45, 2.75) is 13.1 Å². The van der Waals surface area contributed by atoms with Gasteiger partial charge in [0.2, 0.25) is 0 Å². The molecule has 28 heavy (non-hydrogen) atoms. The number of nitrogens with zero attached hydrogens (tertiary/aromatic N) is 3. The Hall–Kier alpha value is -3.67. The van der Waals surface area contributed by atoms with Crippen molar-refractivity contribution in [3.63, 3.8) is 0 Å². The Morgan fingerprint density at radius 2 is 1.71 bits per heavy atom. The molecule has 2 heterocycles. The van der Waals surface area contributed by atoms with Crippen LogP contribution in [-0.2, 0) is 20.1 Å². The molecule has 2 aromatic heterocycles. The standard InChI is InChI=1S/C22H21N5O/c1-27-21(17-9-11-23-12-10-17)13-19(26-27)15-25-22(28)24-14-18-7-4-6-16-5-2-3-8-20(16)18/h2-13H,14-15H2,1H3,(H2,24,25,28). The van der Waals surface area contributed by atoms with Crippen molar-refractivity contribution < 1.29 is 4.79 Å². The lowest BCUT2D eigenvalue weighted by Crippen LogP contribution is -2.34. The third-order valence-electron chi connectivity index (χ3n) is 4.66. The second-order valence-corrected chi connectivity index (χ2v) is 6.55. The van der Waals surface area contributed by atoms with E-state index in [4.69, 9.17) is 0 Å². The van der Waals surface area contributed by atoms with E-state index < -0.39 is 0 Å². The van der Waals surface area contributed by atoms with E-state index in [1.807, 2.05) is 49.5 Å². The summed E-state index contributed by atoms with van der Waals surface area (Å²) in [6, 6.07) is 19.9. The molecule has 0 aliphatic carbocycles. The summed E-state index contributed by atoms with van der Waals surface area (Å²) < 4.78 is 1.81. The predicted molar refractivity (Wildman–Crippen MR) is 109 cm³/mol. The molecule has 0 bridgehead atoms. The van der Waals surface area contributed by atoms with E-state index in [9.17, 15) is 4.79 Å². The number of aromatic nitrogens is 3. The first kappa shape index (κ1) is 17.7. The van der Waals surface area contributed by atoms with Crippen molar-refractivity contribution in [1.29, 1.82) is 0 Å². The largest absolute Gasteiger partial charge is 0.334 e. The normalized spacial score (nSPS) is 10.8. The smallest absolute Gasteiger partial charge is 0.315 e. The first-order chi connectivity index (χ1) is 13.7. The minimum atomic E-state index is -0.218. The Labute approximate surface area is 163 Å². The molecule has 2 N–H and O–H groups in total. The molecule has 0 radical (unpaired) electrons. The molecule has 0 unspecified atom stereocenters. The Kier molecular flexibility index (Phi) is 5.01. The van der Waals surface area contributed by atoms with Crippen LogP contribution in [0.1, 0.15) is 11.3 Å². The summed E-state index contributed by atoms with van der Waals surface area (Å²) >= 11 is 0. The van der Waals surface area contributed by atoms with Gasteiger partial charge in [-0.05, 0) is 34.5 Å². The van der Waals surface area contributed by atoms with Crippen LogP contribution in [0.4, 0.5) is 4.79 Å². The number of nitrogens with one attached hydrogen (secondary N) is 2. The van der Waals surface area contributed by atoms with Crippen LogP contribution in [-0.4, -0.2) is 20.8 Å². The number of hydrogen-bond acceptors (Lipinski definition) is 3. The molecule has 0 saturated carbocycles. The number of benzene rings is 2. The molecule has 0 atom stereocenters. The van der Waals surface area contributed by atoms with E-state index in [0.717, 1.165) is 27.9 Å². The van der Waals surface area contributed by atoms with E-state index in [2.05, 4.69) is 38.9 Å². The van der Waals surface area contributed by atoms with Crippen molar-refractivity contribution >= 4 is 16.8 Å². The fourth-order valence-electron chi connectivity index (χ4n) is 3.26. The lowest BCUT2D eigenvalue weighted by atomic mass is 10.0. The molecule has 4 rings (SSSR count). The summed E-state index contributed by atoms with van der Waals surface area (Å²) in [4.78, 5) is 16.3. The number of hydrogen-bond donors (Lipinski definition) is 2. The Balaban J connectivity index is 1.36. The molecule has 0 aliphatic heterocycles. The van der Waals surface area contributed by atoms with Gasteiger partial charge in [0.25, 0.3) is 0 Å². The van der Waals surface area contributed by atoms with Gasteiger partial charge in [0.15, 0.2) is 0 Å². The molecule has 2 aromatic carbocycles. The minimum Gasteiger partial charge on any atom is -0.334 e. The zero-order chi connectivity index (χ0) is 19.3. The van der Waals surface area contributed by atoms with Crippen LogP contribution in [0.25, 0.3) is 22.0 Å². The highest BCUT2D eigenvalue weighted by atomic mass is 16.2. The quantitative estimate of drug-likeness (QED) is 0.563. The first-order valence-electron chi connectivity index (χ1n) is 9.12. The molecule has 4 aromatic rings. The average molecular weight is 371 g/mol. The Morgan fingerprint density at radius 3 is 2.57 bits per heavy atom. The van der Waals surface area contributed by atoms with Crippen molar-refractivity contribution in [2.24, 2.45) is 7.05 Å². The molecule has 0 saturated heterocycles. The summed E-state index contributed by atoms with van der Waals surface area (Å²) in [6.07, 6.45) is 3.50. The van der Waals surface area contributed by atoms with Gasteiger partial charge in [-0.15, -0.1) is 0 Å². The van der Waals surface area contributed by atoms with Gasteiger partial charge in [0.05, 0.1) is 17.9 Å². The first-order valence-corrected chi connectivity index (χ1v) is 9.12. The highest BCUT2D eigenvalue weighted by Crippen LogP contribution is 2.19. The van der Waals surface area contributed by atoms with Crippen molar-refractivity contribution in [2.75, 3.05) is 0 Å². The van der Waals surface area contributed by atoms with Crippen LogP contribution in [0, 0.1) is 0 Å². The number of carbonyl (C=O) groups is 1. The van der Waals surface area contributed by atoms with Gasteiger partial charge in [-0.25, -0.2) is 4.79 Å². The zero-order valence-corrected chi connectivity index (χ0v) is 15.6. The highest BCUT2D eigenvalue weighted by molar-refractivity contribution is 5.86. The van der Waals surface area contributed by atoms with E-state index in [1.165, 1.54) is 5.39 Å². The van der Waals surface area contributed by atoms with Crippen molar-refractivity contribution in [1.82, 2.24) is 25.4 Å².